The second kappa shape index (κ2) is 12.3. The predicted molar refractivity (Wildman–Crippen MR) is 123 cm³/mol. The summed E-state index contributed by atoms with van der Waals surface area (Å²) in [5.41, 5.74) is 1.25. The number of carbonyl (C=O) groups is 3. The molecule has 2 rings (SSSR count). The number of esters is 2. The number of carbonyl (C=O) groups excluding carboxylic acids is 3. The molecule has 0 aliphatic rings. The molecular formula is C24H27BrFNO6. The van der Waals surface area contributed by atoms with Crippen molar-refractivity contribution >= 4 is 33.8 Å². The van der Waals surface area contributed by atoms with Gasteiger partial charge in [-0.3, -0.25) is 14.4 Å². The van der Waals surface area contributed by atoms with Crippen LogP contribution in [-0.2, 0) is 23.9 Å². The Kier molecular flexibility index (Phi) is 9.84. The third-order valence-corrected chi connectivity index (χ3v) is 5.84. The van der Waals surface area contributed by atoms with Gasteiger partial charge in [0.1, 0.15) is 18.0 Å². The van der Waals surface area contributed by atoms with Crippen LogP contribution in [0.2, 0.25) is 0 Å². The van der Waals surface area contributed by atoms with E-state index in [1.54, 1.807) is 45.2 Å². The van der Waals surface area contributed by atoms with Crippen LogP contribution >= 0.6 is 15.9 Å². The number of hydrogen-bond donors (Lipinski definition) is 0. The lowest BCUT2D eigenvalue weighted by atomic mass is 9.96. The molecule has 0 aliphatic carbocycles. The molecule has 1 amide bonds. The highest BCUT2D eigenvalue weighted by Crippen LogP contribution is 2.37. The Morgan fingerprint density at radius 1 is 1.06 bits per heavy atom. The molecule has 0 aromatic heterocycles. The smallest absolute Gasteiger partial charge is 0.315 e. The average Bonchev–Trinajstić information content (AvgIpc) is 2.78. The first-order valence-corrected chi connectivity index (χ1v) is 11.1. The van der Waals surface area contributed by atoms with E-state index >= 15 is 0 Å². The molecule has 2 atom stereocenters. The van der Waals surface area contributed by atoms with Crippen LogP contribution in [0.4, 0.5) is 4.39 Å². The zero-order chi connectivity index (χ0) is 24.5. The van der Waals surface area contributed by atoms with Crippen LogP contribution in [0.25, 0.3) is 0 Å². The highest BCUT2D eigenvalue weighted by Gasteiger charge is 2.34. The van der Waals surface area contributed by atoms with Crippen molar-refractivity contribution in [1.29, 1.82) is 0 Å². The normalized spacial score (nSPS) is 12.4. The quantitative estimate of drug-likeness (QED) is 0.330. The maximum Gasteiger partial charge on any atom is 0.315 e. The van der Waals surface area contributed by atoms with Gasteiger partial charge in [0.15, 0.2) is 0 Å². The average molecular weight is 524 g/mol. The molecule has 0 N–H and O–H groups in total. The minimum atomic E-state index is -0.840. The van der Waals surface area contributed by atoms with Gasteiger partial charge in [-0.15, -0.1) is 0 Å². The third-order valence-electron chi connectivity index (χ3n) is 5.15. The molecule has 2 aromatic carbocycles. The number of benzene rings is 2. The monoisotopic (exact) mass is 523 g/mol. The van der Waals surface area contributed by atoms with Gasteiger partial charge in [0.05, 0.1) is 39.3 Å². The SMILES string of the molecule is CCOC(=O)C[C@H](c1ccc(F)cc1Br)N(C(=O)CC(=O)OC)[C@@H](C)c1ccc(OC)cc1. The Morgan fingerprint density at radius 3 is 2.27 bits per heavy atom. The molecule has 33 heavy (non-hydrogen) atoms. The van der Waals surface area contributed by atoms with E-state index in [-0.39, 0.29) is 13.0 Å². The molecule has 0 fully saturated rings. The Bertz CT molecular complexity index is 981. The Balaban J connectivity index is 2.59. The van der Waals surface area contributed by atoms with E-state index in [0.29, 0.717) is 15.8 Å². The lowest BCUT2D eigenvalue weighted by Crippen LogP contribution is -2.39. The van der Waals surface area contributed by atoms with E-state index in [4.69, 9.17) is 9.47 Å². The van der Waals surface area contributed by atoms with Gasteiger partial charge < -0.3 is 19.1 Å². The molecule has 0 bridgehead atoms. The summed E-state index contributed by atoms with van der Waals surface area (Å²) in [5, 5.41) is 0. The number of hydrogen-bond acceptors (Lipinski definition) is 6. The van der Waals surface area contributed by atoms with Gasteiger partial charge in [0.2, 0.25) is 5.91 Å². The molecule has 0 spiro atoms. The molecule has 0 radical (unpaired) electrons. The highest BCUT2D eigenvalue weighted by atomic mass is 79.9. The lowest BCUT2D eigenvalue weighted by molar-refractivity contribution is -0.150. The maximum atomic E-state index is 13.8. The summed E-state index contributed by atoms with van der Waals surface area (Å²) in [6, 6.07) is 9.71. The van der Waals surface area contributed by atoms with E-state index < -0.39 is 42.2 Å². The minimum Gasteiger partial charge on any atom is -0.497 e. The number of nitrogens with zero attached hydrogens (tertiary/aromatic N) is 1. The van der Waals surface area contributed by atoms with Crippen LogP contribution in [-0.4, -0.2) is 43.6 Å². The predicted octanol–water partition coefficient (Wildman–Crippen LogP) is 4.74. The van der Waals surface area contributed by atoms with Gasteiger partial charge in [-0.1, -0.05) is 34.1 Å². The fraction of sp³-hybridized carbons (Fsp3) is 0.375. The van der Waals surface area contributed by atoms with Crippen LogP contribution in [0, 0.1) is 5.82 Å². The summed E-state index contributed by atoms with van der Waals surface area (Å²) < 4.78 is 29.2. The summed E-state index contributed by atoms with van der Waals surface area (Å²) >= 11 is 3.34. The highest BCUT2D eigenvalue weighted by molar-refractivity contribution is 9.10. The minimum absolute atomic E-state index is 0.167. The lowest BCUT2D eigenvalue weighted by Gasteiger charge is -2.37. The summed E-state index contributed by atoms with van der Waals surface area (Å²) in [6.07, 6.45) is -0.708. The molecule has 0 heterocycles. The zero-order valence-electron chi connectivity index (χ0n) is 19.0. The van der Waals surface area contributed by atoms with Gasteiger partial charge in [-0.2, -0.15) is 0 Å². The van der Waals surface area contributed by atoms with Gasteiger partial charge in [0.25, 0.3) is 0 Å². The molecule has 0 saturated heterocycles. The van der Waals surface area contributed by atoms with Gasteiger partial charge >= 0.3 is 11.9 Å². The molecule has 178 valence electrons. The summed E-state index contributed by atoms with van der Waals surface area (Å²) in [7, 11) is 2.74. The van der Waals surface area contributed by atoms with Crippen molar-refractivity contribution in [2.45, 2.75) is 38.8 Å². The fourth-order valence-electron chi connectivity index (χ4n) is 3.50. The topological polar surface area (TPSA) is 82.1 Å². The van der Waals surface area contributed by atoms with Crippen LogP contribution < -0.4 is 4.74 Å². The molecule has 9 heteroatoms. The van der Waals surface area contributed by atoms with E-state index in [1.807, 2.05) is 0 Å². The first kappa shape index (κ1) is 26.3. The van der Waals surface area contributed by atoms with Crippen molar-refractivity contribution in [2.24, 2.45) is 0 Å². The van der Waals surface area contributed by atoms with Crippen LogP contribution in [0.1, 0.15) is 49.9 Å². The van der Waals surface area contributed by atoms with E-state index in [0.717, 1.165) is 5.56 Å². The Morgan fingerprint density at radius 2 is 1.73 bits per heavy atom. The molecule has 0 aliphatic heterocycles. The molecule has 0 saturated carbocycles. The van der Waals surface area contributed by atoms with Crippen molar-refractivity contribution in [3.63, 3.8) is 0 Å². The van der Waals surface area contributed by atoms with Crippen LogP contribution in [0.15, 0.2) is 46.9 Å². The number of amides is 1. The van der Waals surface area contributed by atoms with E-state index in [9.17, 15) is 18.8 Å². The van der Waals surface area contributed by atoms with Crippen molar-refractivity contribution in [3.05, 3.63) is 63.9 Å². The third kappa shape index (κ3) is 7.02. The largest absolute Gasteiger partial charge is 0.497 e. The van der Waals surface area contributed by atoms with E-state index in [2.05, 4.69) is 20.7 Å². The van der Waals surface area contributed by atoms with Crippen molar-refractivity contribution < 1.29 is 33.0 Å². The first-order chi connectivity index (χ1) is 15.7. The first-order valence-electron chi connectivity index (χ1n) is 10.3. The van der Waals surface area contributed by atoms with E-state index in [1.165, 1.54) is 30.2 Å². The van der Waals surface area contributed by atoms with Crippen molar-refractivity contribution in [3.8, 4) is 5.75 Å². The summed E-state index contributed by atoms with van der Waals surface area (Å²) in [5.74, 6) is -1.62. The van der Waals surface area contributed by atoms with Crippen molar-refractivity contribution in [1.82, 2.24) is 4.90 Å². The van der Waals surface area contributed by atoms with Gasteiger partial charge in [-0.25, -0.2) is 4.39 Å². The Hall–Kier alpha value is -2.94. The van der Waals surface area contributed by atoms with Crippen molar-refractivity contribution in [2.75, 3.05) is 20.8 Å². The molecule has 2 aromatic rings. The number of rotatable bonds is 10. The second-order valence-corrected chi connectivity index (χ2v) is 8.05. The Labute approximate surface area is 200 Å². The van der Waals surface area contributed by atoms with Crippen LogP contribution in [0.5, 0.6) is 5.75 Å². The zero-order valence-corrected chi connectivity index (χ0v) is 20.6. The molecule has 7 nitrogen and oxygen atoms in total. The molecular weight excluding hydrogens is 497 g/mol. The summed E-state index contributed by atoms with van der Waals surface area (Å²) in [6.45, 7) is 3.63. The van der Waals surface area contributed by atoms with Gasteiger partial charge in [-0.05, 0) is 49.2 Å². The maximum absolute atomic E-state index is 13.8. The summed E-state index contributed by atoms with van der Waals surface area (Å²) in [4.78, 5) is 39.2. The number of methoxy groups -OCH3 is 2. The fourth-order valence-corrected chi connectivity index (χ4v) is 4.11. The second-order valence-electron chi connectivity index (χ2n) is 7.19. The van der Waals surface area contributed by atoms with Crippen LogP contribution in [0.3, 0.4) is 0 Å². The standard InChI is InChI=1S/C24H27BrFNO6/c1-5-33-24(30)13-21(19-11-8-17(26)12-20(19)25)27(22(28)14-23(29)32-4)15(2)16-6-9-18(31-3)10-7-16/h6-12,15,21H,5,13-14H2,1-4H3/t15-,21+/m0/s1. The number of ether oxygens (including phenoxy) is 3. The molecule has 0 unspecified atom stereocenters. The number of halogens is 2. The van der Waals surface area contributed by atoms with Gasteiger partial charge in [0, 0.05) is 4.47 Å².